The Morgan fingerprint density at radius 3 is 1.40 bits per heavy atom. The maximum atomic E-state index is 10.1. The van der Waals surface area contributed by atoms with Crippen molar-refractivity contribution in [2.24, 2.45) is 0 Å². The molecule has 0 aliphatic rings. The quantitative estimate of drug-likeness (QED) is 0.436. The maximum Gasteiger partial charge on any atom is 0.263 e. The first kappa shape index (κ1) is 8.86. The van der Waals surface area contributed by atoms with Crippen LogP contribution in [0.3, 0.4) is 0 Å². The van der Waals surface area contributed by atoms with Gasteiger partial charge in [-0.2, -0.15) is 8.78 Å². The number of hydrogen-bond donors (Lipinski definition) is 0. The first-order chi connectivity index (χ1) is 1.73. The highest BCUT2D eigenvalue weighted by Gasteiger charge is 1.65. The molecule has 0 aromatic carbocycles. The van der Waals surface area contributed by atoms with Gasteiger partial charge in [-0.05, 0) is 6.58 Å². The van der Waals surface area contributed by atoms with Crippen molar-refractivity contribution in [2.45, 2.75) is 0 Å². The van der Waals surface area contributed by atoms with E-state index in [2.05, 4.69) is 6.58 Å². The molecule has 0 amide bonds. The molecule has 0 saturated heterocycles. The van der Waals surface area contributed by atoms with E-state index in [9.17, 15) is 8.78 Å². The van der Waals surface area contributed by atoms with Crippen LogP contribution in [0, 0.1) is 0 Å². The number of halogens is 3. The molecular weight excluding hydrogens is 97.5 g/mol. The minimum absolute atomic E-state index is 0. The number of hydrogen-bond acceptors (Lipinski definition) is 0. The van der Waals surface area contributed by atoms with Crippen LogP contribution in [0.4, 0.5) is 8.78 Å². The van der Waals surface area contributed by atoms with E-state index in [1.807, 2.05) is 0 Å². The minimum Gasteiger partial charge on any atom is -0.174 e. The molecule has 32 valence electrons. The van der Waals surface area contributed by atoms with Crippen LogP contribution in [0.2, 0.25) is 0 Å². The van der Waals surface area contributed by atoms with Gasteiger partial charge < -0.3 is 0 Å². The molecule has 0 aliphatic carbocycles. The van der Waals surface area contributed by atoms with Gasteiger partial charge in [-0.25, -0.2) is 0 Å². The molecule has 0 radical (unpaired) electrons. The first-order valence-corrected chi connectivity index (χ1v) is 0.732. The van der Waals surface area contributed by atoms with E-state index in [1.165, 1.54) is 0 Å². The molecule has 0 heterocycles. The van der Waals surface area contributed by atoms with Gasteiger partial charge >= 0.3 is 0 Å². The van der Waals surface area contributed by atoms with Crippen LogP contribution >= 0.6 is 12.4 Å². The summed E-state index contributed by atoms with van der Waals surface area (Å²) >= 11 is 0. The fourth-order valence-electron chi connectivity index (χ4n) is 0. The Morgan fingerprint density at radius 1 is 1.40 bits per heavy atom. The third kappa shape index (κ3) is 1150. The largest absolute Gasteiger partial charge is 0.263 e. The highest BCUT2D eigenvalue weighted by molar-refractivity contribution is 5.85. The monoisotopic (exact) mass is 100.0 g/mol. The molecule has 0 unspecified atom stereocenters. The zero-order valence-corrected chi connectivity index (χ0v) is 3.19. The van der Waals surface area contributed by atoms with Gasteiger partial charge in [-0.1, -0.05) is 0 Å². The standard InChI is InChI=1S/C2H2F2.ClH/c1-2(3)4;/h1H2;1H. The minimum atomic E-state index is -1.83. The van der Waals surface area contributed by atoms with Crippen LogP contribution in [0.5, 0.6) is 0 Å². The van der Waals surface area contributed by atoms with Crippen LogP contribution in [0.25, 0.3) is 0 Å². The molecule has 0 aromatic heterocycles. The van der Waals surface area contributed by atoms with Crippen molar-refractivity contribution in [3.05, 3.63) is 12.7 Å². The summed E-state index contributed by atoms with van der Waals surface area (Å²) in [6, 6.07) is 0. The summed E-state index contributed by atoms with van der Waals surface area (Å²) in [6.07, 6.45) is -1.83. The van der Waals surface area contributed by atoms with Gasteiger partial charge in [0.25, 0.3) is 6.08 Å². The Morgan fingerprint density at radius 2 is 1.40 bits per heavy atom. The molecule has 0 nitrogen and oxygen atoms in total. The molecule has 5 heavy (non-hydrogen) atoms. The third-order valence-corrected chi connectivity index (χ3v) is 0. The van der Waals surface area contributed by atoms with Crippen molar-refractivity contribution < 1.29 is 8.78 Å². The van der Waals surface area contributed by atoms with Gasteiger partial charge in [0, 0.05) is 0 Å². The SMILES string of the molecule is C=C(F)F.Cl. The Kier molecular flexibility index (Phi) is 6.89. The van der Waals surface area contributed by atoms with Crippen molar-refractivity contribution in [3.63, 3.8) is 0 Å². The molecule has 0 N–H and O–H groups in total. The maximum absolute atomic E-state index is 10.1. The van der Waals surface area contributed by atoms with E-state index in [1.54, 1.807) is 0 Å². The van der Waals surface area contributed by atoms with Gasteiger partial charge in [0.2, 0.25) is 0 Å². The second-order valence-corrected chi connectivity index (χ2v) is 0.339. The van der Waals surface area contributed by atoms with E-state index < -0.39 is 6.08 Å². The van der Waals surface area contributed by atoms with E-state index in [0.717, 1.165) is 0 Å². The van der Waals surface area contributed by atoms with Crippen LogP contribution < -0.4 is 0 Å². The van der Waals surface area contributed by atoms with E-state index >= 15 is 0 Å². The molecule has 0 spiro atoms. The fraction of sp³-hybridized carbons (Fsp3) is 0. The third-order valence-electron chi connectivity index (χ3n) is 0. The predicted molar refractivity (Wildman–Crippen MR) is 18.6 cm³/mol. The van der Waals surface area contributed by atoms with Gasteiger partial charge in [0.1, 0.15) is 0 Å². The van der Waals surface area contributed by atoms with Gasteiger partial charge in [-0.15, -0.1) is 12.4 Å². The second kappa shape index (κ2) is 3.89. The molecule has 0 aliphatic heterocycles. The van der Waals surface area contributed by atoms with Crippen molar-refractivity contribution in [1.29, 1.82) is 0 Å². The zero-order valence-electron chi connectivity index (χ0n) is 2.37. The van der Waals surface area contributed by atoms with E-state index in [0.29, 0.717) is 0 Å². The van der Waals surface area contributed by atoms with Crippen molar-refractivity contribution in [2.75, 3.05) is 0 Å². The molecule has 0 rings (SSSR count). The summed E-state index contributed by atoms with van der Waals surface area (Å²) in [5.74, 6) is 0. The lowest BCUT2D eigenvalue weighted by Crippen LogP contribution is -1.33. The molecule has 3 heteroatoms. The van der Waals surface area contributed by atoms with Gasteiger partial charge in [0.15, 0.2) is 0 Å². The molecule has 0 saturated carbocycles. The molecule has 0 fully saturated rings. The summed E-state index contributed by atoms with van der Waals surface area (Å²) in [5.41, 5.74) is 0. The summed E-state index contributed by atoms with van der Waals surface area (Å²) < 4.78 is 20.3. The normalized spacial score (nSPS) is 5.20. The van der Waals surface area contributed by atoms with Gasteiger partial charge in [-0.3, -0.25) is 0 Å². The van der Waals surface area contributed by atoms with E-state index in [-0.39, 0.29) is 12.4 Å². The fourth-order valence-corrected chi connectivity index (χ4v) is 0. The lowest BCUT2D eigenvalue weighted by molar-refractivity contribution is 0.426. The van der Waals surface area contributed by atoms with Crippen molar-refractivity contribution in [3.8, 4) is 0 Å². The van der Waals surface area contributed by atoms with E-state index in [4.69, 9.17) is 0 Å². The average Bonchev–Trinajstić information content (AvgIpc) is 0.811. The summed E-state index contributed by atoms with van der Waals surface area (Å²) in [4.78, 5) is 0. The first-order valence-electron chi connectivity index (χ1n) is 0.732. The van der Waals surface area contributed by atoms with Crippen molar-refractivity contribution >= 4 is 12.4 Å². The Balaban J connectivity index is 0. The molecular formula is C2H3ClF2. The average molecular weight is 100 g/mol. The zero-order chi connectivity index (χ0) is 3.58. The lowest BCUT2D eigenvalue weighted by Gasteiger charge is -1.54. The Hall–Kier alpha value is -0.110. The molecule has 0 atom stereocenters. The smallest absolute Gasteiger partial charge is 0.174 e. The summed E-state index contributed by atoms with van der Waals surface area (Å²) in [5, 5.41) is 0. The highest BCUT2D eigenvalue weighted by atomic mass is 35.5. The van der Waals surface area contributed by atoms with Gasteiger partial charge in [0.05, 0.1) is 0 Å². The van der Waals surface area contributed by atoms with Crippen LogP contribution in [0.15, 0.2) is 12.7 Å². The highest BCUT2D eigenvalue weighted by Crippen LogP contribution is 1.85. The summed E-state index contributed by atoms with van der Waals surface area (Å²) in [6.45, 7) is 2.22. The van der Waals surface area contributed by atoms with Crippen molar-refractivity contribution in [1.82, 2.24) is 0 Å². The molecule has 0 aromatic rings. The number of rotatable bonds is 0. The Bertz CT molecular complexity index is 30.6. The summed E-state index contributed by atoms with van der Waals surface area (Å²) in [7, 11) is 0. The molecule has 0 bridgehead atoms. The Labute approximate surface area is 34.9 Å². The predicted octanol–water partition coefficient (Wildman–Crippen LogP) is 1.82. The van der Waals surface area contributed by atoms with Crippen LogP contribution in [0.1, 0.15) is 0 Å². The van der Waals surface area contributed by atoms with Crippen LogP contribution in [-0.2, 0) is 0 Å². The second-order valence-electron chi connectivity index (χ2n) is 0.339. The topological polar surface area (TPSA) is 0 Å². The van der Waals surface area contributed by atoms with Crippen LogP contribution in [-0.4, -0.2) is 0 Å². The lowest BCUT2D eigenvalue weighted by atomic mass is 11.2.